The van der Waals surface area contributed by atoms with E-state index in [-0.39, 0.29) is 12.0 Å². The molecular formula is C16H26N4O2. The van der Waals surface area contributed by atoms with Crippen LogP contribution in [0.2, 0.25) is 0 Å². The number of hydrogen-bond donors (Lipinski definition) is 0. The zero-order valence-electron chi connectivity index (χ0n) is 14.2. The van der Waals surface area contributed by atoms with Gasteiger partial charge < -0.3 is 14.5 Å². The van der Waals surface area contributed by atoms with Gasteiger partial charge in [-0.25, -0.2) is 9.78 Å². The molecule has 0 aromatic carbocycles. The molecule has 1 aliphatic rings. The summed E-state index contributed by atoms with van der Waals surface area (Å²) < 4.78 is 5.47. The fourth-order valence-electron chi connectivity index (χ4n) is 2.49. The highest BCUT2D eigenvalue weighted by molar-refractivity contribution is 5.68. The highest BCUT2D eigenvalue weighted by atomic mass is 16.6. The Kier molecular flexibility index (Phi) is 4.88. The molecule has 0 N–H and O–H groups in total. The monoisotopic (exact) mass is 306 g/mol. The second-order valence-electron chi connectivity index (χ2n) is 6.96. The van der Waals surface area contributed by atoms with Crippen LogP contribution < -0.4 is 4.90 Å². The number of nitrogens with zero attached hydrogens (tertiary/aromatic N) is 4. The van der Waals surface area contributed by atoms with Gasteiger partial charge in [0, 0.05) is 39.3 Å². The number of aromatic nitrogens is 2. The number of hydrogen-bond acceptors (Lipinski definition) is 5. The first-order valence-corrected chi connectivity index (χ1v) is 7.73. The van der Waals surface area contributed by atoms with Gasteiger partial charge in [-0.2, -0.15) is 0 Å². The van der Waals surface area contributed by atoms with Gasteiger partial charge in [-0.3, -0.25) is 4.98 Å². The van der Waals surface area contributed by atoms with Crippen molar-refractivity contribution in [3.63, 3.8) is 0 Å². The maximum atomic E-state index is 12.2. The normalized spacial score (nSPS) is 19.0. The van der Waals surface area contributed by atoms with E-state index in [4.69, 9.17) is 4.74 Å². The van der Waals surface area contributed by atoms with Gasteiger partial charge in [0.15, 0.2) is 0 Å². The molecule has 1 aromatic rings. The van der Waals surface area contributed by atoms with Crippen LogP contribution in [0.5, 0.6) is 0 Å². The van der Waals surface area contributed by atoms with Crippen molar-refractivity contribution in [1.29, 1.82) is 0 Å². The average molecular weight is 306 g/mol. The van der Waals surface area contributed by atoms with Gasteiger partial charge in [-0.05, 0) is 33.6 Å². The van der Waals surface area contributed by atoms with Crippen LogP contribution in [-0.4, -0.2) is 53.7 Å². The number of likely N-dealkylation sites (tertiary alicyclic amines) is 1. The van der Waals surface area contributed by atoms with E-state index in [0.29, 0.717) is 6.54 Å². The van der Waals surface area contributed by atoms with Crippen LogP contribution in [0, 0.1) is 0 Å². The number of rotatable bonds is 2. The number of carbonyl (C=O) groups is 1. The van der Waals surface area contributed by atoms with Crippen LogP contribution in [0.15, 0.2) is 12.4 Å². The molecule has 1 aliphatic heterocycles. The predicted octanol–water partition coefficient (Wildman–Crippen LogP) is 2.66. The summed E-state index contributed by atoms with van der Waals surface area (Å²) in [5.74, 6) is 1.06. The summed E-state index contributed by atoms with van der Waals surface area (Å²) >= 11 is 0. The maximum absolute atomic E-state index is 12.2. The molecule has 6 heteroatoms. The zero-order chi connectivity index (χ0) is 16.3. The summed E-state index contributed by atoms with van der Waals surface area (Å²) in [6, 6.07) is 0. The summed E-state index contributed by atoms with van der Waals surface area (Å²) in [5.41, 5.74) is 0.480. The van der Waals surface area contributed by atoms with Crippen molar-refractivity contribution in [3.8, 4) is 0 Å². The predicted molar refractivity (Wildman–Crippen MR) is 86.1 cm³/mol. The topological polar surface area (TPSA) is 58.6 Å². The van der Waals surface area contributed by atoms with Gasteiger partial charge in [0.2, 0.25) is 0 Å². The van der Waals surface area contributed by atoms with E-state index in [9.17, 15) is 4.79 Å². The van der Waals surface area contributed by atoms with E-state index in [0.717, 1.165) is 30.9 Å². The van der Waals surface area contributed by atoms with Gasteiger partial charge in [0.05, 0.1) is 11.9 Å². The van der Waals surface area contributed by atoms with Crippen LogP contribution in [0.25, 0.3) is 0 Å². The molecule has 0 bridgehead atoms. The Hall–Kier alpha value is -1.85. The van der Waals surface area contributed by atoms with E-state index in [1.54, 1.807) is 17.3 Å². The summed E-state index contributed by atoms with van der Waals surface area (Å²) in [6.45, 7) is 7.04. The lowest BCUT2D eigenvalue weighted by Gasteiger charge is -2.34. The lowest BCUT2D eigenvalue weighted by atomic mass is 9.95. The fourth-order valence-corrected chi connectivity index (χ4v) is 2.49. The third-order valence-corrected chi connectivity index (χ3v) is 3.59. The first kappa shape index (κ1) is 16.5. The molecule has 1 fully saturated rings. The highest BCUT2D eigenvalue weighted by Crippen LogP contribution is 2.27. The summed E-state index contributed by atoms with van der Waals surface area (Å²) in [4.78, 5) is 24.9. The van der Waals surface area contributed by atoms with Crippen molar-refractivity contribution in [2.24, 2.45) is 0 Å². The standard InChI is InChI=1S/C16H26N4O2/c1-16(2,3)22-15(21)20-8-6-7-12(11-20)13-9-17-10-14(18-13)19(4)5/h9-10,12H,6-8,11H2,1-5H3/t12-/m1/s1. The van der Waals surface area contributed by atoms with E-state index in [2.05, 4.69) is 9.97 Å². The Morgan fingerprint density at radius 2 is 2.09 bits per heavy atom. The number of amides is 1. The van der Waals surface area contributed by atoms with Crippen molar-refractivity contribution in [3.05, 3.63) is 18.1 Å². The molecule has 1 atom stereocenters. The Morgan fingerprint density at radius 3 is 2.73 bits per heavy atom. The molecule has 2 heterocycles. The van der Waals surface area contributed by atoms with Crippen LogP contribution in [-0.2, 0) is 4.74 Å². The molecule has 1 aromatic heterocycles. The van der Waals surface area contributed by atoms with E-state index in [1.807, 2.05) is 39.8 Å². The first-order valence-electron chi connectivity index (χ1n) is 7.73. The van der Waals surface area contributed by atoms with Gasteiger partial charge in [-0.15, -0.1) is 0 Å². The summed E-state index contributed by atoms with van der Waals surface area (Å²) in [6.07, 6.45) is 5.28. The Balaban J connectivity index is 2.07. The van der Waals surface area contributed by atoms with Crippen molar-refractivity contribution < 1.29 is 9.53 Å². The molecule has 0 saturated carbocycles. The van der Waals surface area contributed by atoms with Gasteiger partial charge in [0.25, 0.3) is 0 Å². The Bertz CT molecular complexity index is 525. The van der Waals surface area contributed by atoms with Crippen molar-refractivity contribution in [1.82, 2.24) is 14.9 Å². The number of ether oxygens (including phenoxy) is 1. The molecule has 0 spiro atoms. The van der Waals surface area contributed by atoms with E-state index in [1.165, 1.54) is 0 Å². The average Bonchev–Trinajstić information content (AvgIpc) is 2.46. The molecule has 122 valence electrons. The van der Waals surface area contributed by atoms with E-state index >= 15 is 0 Å². The van der Waals surface area contributed by atoms with Crippen LogP contribution in [0.1, 0.15) is 45.2 Å². The third kappa shape index (κ3) is 4.32. The van der Waals surface area contributed by atoms with Crippen molar-refractivity contribution >= 4 is 11.9 Å². The minimum atomic E-state index is -0.464. The first-order chi connectivity index (χ1) is 10.3. The summed E-state index contributed by atoms with van der Waals surface area (Å²) in [5, 5.41) is 0. The molecule has 2 rings (SSSR count). The van der Waals surface area contributed by atoms with Crippen molar-refractivity contribution in [2.75, 3.05) is 32.1 Å². The second kappa shape index (κ2) is 6.50. The smallest absolute Gasteiger partial charge is 0.410 e. The minimum Gasteiger partial charge on any atom is -0.444 e. The molecule has 0 radical (unpaired) electrons. The van der Waals surface area contributed by atoms with E-state index < -0.39 is 5.60 Å². The molecule has 22 heavy (non-hydrogen) atoms. The highest BCUT2D eigenvalue weighted by Gasteiger charge is 2.29. The molecule has 6 nitrogen and oxygen atoms in total. The van der Waals surface area contributed by atoms with Gasteiger partial charge in [-0.1, -0.05) is 0 Å². The summed E-state index contributed by atoms with van der Waals surface area (Å²) in [7, 11) is 3.89. The van der Waals surface area contributed by atoms with Crippen LogP contribution >= 0.6 is 0 Å². The third-order valence-electron chi connectivity index (χ3n) is 3.59. The lowest BCUT2D eigenvalue weighted by molar-refractivity contribution is 0.0197. The number of carbonyl (C=O) groups excluding carboxylic acids is 1. The lowest BCUT2D eigenvalue weighted by Crippen LogP contribution is -2.42. The number of anilines is 1. The van der Waals surface area contributed by atoms with Gasteiger partial charge >= 0.3 is 6.09 Å². The molecule has 1 saturated heterocycles. The molecule has 0 unspecified atom stereocenters. The van der Waals surface area contributed by atoms with Gasteiger partial charge in [0.1, 0.15) is 11.4 Å². The largest absolute Gasteiger partial charge is 0.444 e. The zero-order valence-corrected chi connectivity index (χ0v) is 14.2. The second-order valence-corrected chi connectivity index (χ2v) is 6.96. The van der Waals surface area contributed by atoms with Crippen LogP contribution in [0.3, 0.4) is 0 Å². The minimum absolute atomic E-state index is 0.216. The molecular weight excluding hydrogens is 280 g/mol. The quantitative estimate of drug-likeness (QED) is 0.840. The maximum Gasteiger partial charge on any atom is 0.410 e. The Labute approximate surface area is 132 Å². The SMILES string of the molecule is CN(C)c1cncc([C@@H]2CCCN(C(=O)OC(C)(C)C)C2)n1. The number of piperidine rings is 1. The Morgan fingerprint density at radius 1 is 1.36 bits per heavy atom. The van der Waals surface area contributed by atoms with Crippen molar-refractivity contribution in [2.45, 2.75) is 45.1 Å². The fraction of sp³-hybridized carbons (Fsp3) is 0.688. The molecule has 0 aliphatic carbocycles. The molecule has 1 amide bonds. The van der Waals surface area contributed by atoms with Crippen LogP contribution in [0.4, 0.5) is 10.6 Å².